The smallest absolute Gasteiger partial charge is 0.225 e. The Morgan fingerprint density at radius 2 is 2.00 bits per heavy atom. The number of thiazole rings is 1. The SMILES string of the molecule is O=C(CCBr)Nc1cccc(-c2csc(-c3ccncc3)n2)c1. The summed E-state index contributed by atoms with van der Waals surface area (Å²) in [6.45, 7) is 0. The van der Waals surface area contributed by atoms with E-state index in [0.29, 0.717) is 11.8 Å². The molecule has 4 nitrogen and oxygen atoms in total. The van der Waals surface area contributed by atoms with Gasteiger partial charge in [-0.1, -0.05) is 28.1 Å². The quantitative estimate of drug-likeness (QED) is 0.651. The van der Waals surface area contributed by atoms with Gasteiger partial charge in [0.25, 0.3) is 0 Å². The zero-order valence-electron chi connectivity index (χ0n) is 12.2. The first-order valence-corrected chi connectivity index (χ1v) is 9.08. The summed E-state index contributed by atoms with van der Waals surface area (Å²) in [5.74, 6) is -0.00484. The number of amides is 1. The molecule has 23 heavy (non-hydrogen) atoms. The molecule has 0 spiro atoms. The first-order valence-electron chi connectivity index (χ1n) is 7.08. The van der Waals surface area contributed by atoms with Crippen LogP contribution in [0.4, 0.5) is 5.69 Å². The summed E-state index contributed by atoms with van der Waals surface area (Å²) < 4.78 is 0. The number of aromatic nitrogens is 2. The monoisotopic (exact) mass is 387 g/mol. The van der Waals surface area contributed by atoms with Crippen LogP contribution in [0.25, 0.3) is 21.8 Å². The predicted octanol–water partition coefficient (Wildman–Crippen LogP) is 4.60. The van der Waals surface area contributed by atoms with Gasteiger partial charge in [-0.3, -0.25) is 9.78 Å². The van der Waals surface area contributed by atoms with Gasteiger partial charge >= 0.3 is 0 Å². The molecule has 1 aromatic carbocycles. The average Bonchev–Trinajstić information content (AvgIpc) is 3.06. The van der Waals surface area contributed by atoms with Crippen molar-refractivity contribution in [1.82, 2.24) is 9.97 Å². The molecule has 0 aliphatic rings. The summed E-state index contributed by atoms with van der Waals surface area (Å²) in [4.78, 5) is 20.4. The third kappa shape index (κ3) is 4.03. The van der Waals surface area contributed by atoms with Gasteiger partial charge in [0.2, 0.25) is 5.91 Å². The molecular weight excluding hydrogens is 374 g/mol. The number of carbonyl (C=O) groups is 1. The molecule has 0 saturated carbocycles. The van der Waals surface area contributed by atoms with Crippen LogP contribution in [0.5, 0.6) is 0 Å². The number of anilines is 1. The molecule has 116 valence electrons. The summed E-state index contributed by atoms with van der Waals surface area (Å²) in [6, 6.07) is 11.6. The van der Waals surface area contributed by atoms with Crippen LogP contribution in [-0.4, -0.2) is 21.2 Å². The topological polar surface area (TPSA) is 54.9 Å². The van der Waals surface area contributed by atoms with Crippen LogP contribution in [0.3, 0.4) is 0 Å². The van der Waals surface area contributed by atoms with Crippen molar-refractivity contribution in [3.05, 3.63) is 54.2 Å². The fourth-order valence-electron chi connectivity index (χ4n) is 2.10. The molecule has 3 aromatic rings. The second-order valence-corrected chi connectivity index (χ2v) is 6.49. The van der Waals surface area contributed by atoms with E-state index in [4.69, 9.17) is 0 Å². The van der Waals surface area contributed by atoms with E-state index in [1.165, 1.54) is 0 Å². The molecule has 6 heteroatoms. The van der Waals surface area contributed by atoms with Crippen molar-refractivity contribution in [2.24, 2.45) is 0 Å². The van der Waals surface area contributed by atoms with Gasteiger partial charge in [-0.05, 0) is 24.3 Å². The molecule has 0 aliphatic carbocycles. The van der Waals surface area contributed by atoms with E-state index in [9.17, 15) is 4.79 Å². The molecule has 0 atom stereocenters. The Hall–Kier alpha value is -2.05. The van der Waals surface area contributed by atoms with Crippen LogP contribution in [0.15, 0.2) is 54.2 Å². The first-order chi connectivity index (χ1) is 11.3. The second-order valence-electron chi connectivity index (χ2n) is 4.84. The van der Waals surface area contributed by atoms with Crippen molar-refractivity contribution in [3.63, 3.8) is 0 Å². The van der Waals surface area contributed by atoms with Crippen LogP contribution in [0.2, 0.25) is 0 Å². The van der Waals surface area contributed by atoms with E-state index in [0.717, 1.165) is 27.5 Å². The second kappa shape index (κ2) is 7.48. The fraction of sp³-hybridized carbons (Fsp3) is 0.118. The van der Waals surface area contributed by atoms with E-state index in [-0.39, 0.29) is 5.91 Å². The zero-order chi connectivity index (χ0) is 16.1. The lowest BCUT2D eigenvalue weighted by molar-refractivity contribution is -0.115. The van der Waals surface area contributed by atoms with Gasteiger partial charge in [0.15, 0.2) is 0 Å². The summed E-state index contributed by atoms with van der Waals surface area (Å²) >= 11 is 4.86. The minimum absolute atomic E-state index is 0.00484. The average molecular weight is 388 g/mol. The third-order valence-corrected chi connectivity index (χ3v) is 4.48. The maximum atomic E-state index is 11.7. The number of carbonyl (C=O) groups excluding carboxylic acids is 1. The molecule has 1 N–H and O–H groups in total. The number of benzene rings is 1. The Morgan fingerprint density at radius 3 is 2.78 bits per heavy atom. The van der Waals surface area contributed by atoms with Crippen molar-refractivity contribution >= 4 is 38.9 Å². The van der Waals surface area contributed by atoms with E-state index >= 15 is 0 Å². The largest absolute Gasteiger partial charge is 0.326 e. The first kappa shape index (κ1) is 15.8. The number of rotatable bonds is 5. The van der Waals surface area contributed by atoms with Gasteiger partial charge < -0.3 is 5.32 Å². The van der Waals surface area contributed by atoms with Crippen molar-refractivity contribution in [2.75, 3.05) is 10.6 Å². The summed E-state index contributed by atoms with van der Waals surface area (Å²) in [5.41, 5.74) is 3.72. The zero-order valence-corrected chi connectivity index (χ0v) is 14.6. The standard InChI is InChI=1S/C17H14BrN3OS/c18-7-4-16(22)20-14-3-1-2-13(10-14)15-11-23-17(21-15)12-5-8-19-9-6-12/h1-3,5-6,8-11H,4,7H2,(H,20,22). The highest BCUT2D eigenvalue weighted by Crippen LogP contribution is 2.29. The molecule has 0 bridgehead atoms. The van der Waals surface area contributed by atoms with Crippen molar-refractivity contribution < 1.29 is 4.79 Å². The third-order valence-electron chi connectivity index (χ3n) is 3.20. The molecule has 0 saturated heterocycles. The summed E-state index contributed by atoms with van der Waals surface area (Å²) in [7, 11) is 0. The van der Waals surface area contributed by atoms with Gasteiger partial charge in [-0.25, -0.2) is 4.98 Å². The number of pyridine rings is 1. The molecule has 0 fully saturated rings. The van der Waals surface area contributed by atoms with Crippen LogP contribution in [-0.2, 0) is 4.79 Å². The maximum absolute atomic E-state index is 11.7. The molecule has 0 unspecified atom stereocenters. The normalized spacial score (nSPS) is 10.5. The van der Waals surface area contributed by atoms with Gasteiger partial charge in [-0.2, -0.15) is 0 Å². The number of alkyl halides is 1. The Morgan fingerprint density at radius 1 is 1.17 bits per heavy atom. The predicted molar refractivity (Wildman–Crippen MR) is 97.8 cm³/mol. The lowest BCUT2D eigenvalue weighted by atomic mass is 10.1. The molecular formula is C17H14BrN3OS. The Labute approximate surface area is 146 Å². The fourth-order valence-corrected chi connectivity index (χ4v) is 3.29. The molecule has 1 amide bonds. The minimum atomic E-state index is -0.00484. The highest BCUT2D eigenvalue weighted by atomic mass is 79.9. The summed E-state index contributed by atoms with van der Waals surface area (Å²) in [6.07, 6.45) is 3.97. The molecule has 2 heterocycles. The van der Waals surface area contributed by atoms with Crippen molar-refractivity contribution in [1.29, 1.82) is 0 Å². The Kier molecular flexibility index (Phi) is 5.15. The van der Waals surface area contributed by atoms with Crippen LogP contribution < -0.4 is 5.32 Å². The summed E-state index contributed by atoms with van der Waals surface area (Å²) in [5, 5.41) is 6.52. The minimum Gasteiger partial charge on any atom is -0.326 e. The lowest BCUT2D eigenvalue weighted by Gasteiger charge is -2.05. The van der Waals surface area contributed by atoms with Gasteiger partial charge in [0.05, 0.1) is 5.69 Å². The van der Waals surface area contributed by atoms with Crippen LogP contribution >= 0.6 is 27.3 Å². The van der Waals surface area contributed by atoms with Crippen molar-refractivity contribution in [2.45, 2.75) is 6.42 Å². The number of hydrogen-bond acceptors (Lipinski definition) is 4. The number of nitrogens with one attached hydrogen (secondary N) is 1. The molecule has 3 rings (SSSR count). The highest BCUT2D eigenvalue weighted by Gasteiger charge is 2.08. The Bertz CT molecular complexity index is 804. The molecule has 0 radical (unpaired) electrons. The molecule has 0 aliphatic heterocycles. The van der Waals surface area contributed by atoms with E-state index < -0.39 is 0 Å². The van der Waals surface area contributed by atoms with E-state index in [1.807, 2.05) is 41.8 Å². The lowest BCUT2D eigenvalue weighted by Crippen LogP contribution is -2.11. The van der Waals surface area contributed by atoms with Gasteiger partial charge in [0.1, 0.15) is 5.01 Å². The maximum Gasteiger partial charge on any atom is 0.225 e. The van der Waals surface area contributed by atoms with E-state index in [1.54, 1.807) is 23.7 Å². The number of nitrogens with zero attached hydrogens (tertiary/aromatic N) is 2. The highest BCUT2D eigenvalue weighted by molar-refractivity contribution is 9.09. The van der Waals surface area contributed by atoms with E-state index in [2.05, 4.69) is 31.2 Å². The van der Waals surface area contributed by atoms with Crippen molar-refractivity contribution in [3.8, 4) is 21.8 Å². The van der Waals surface area contributed by atoms with Crippen LogP contribution in [0, 0.1) is 0 Å². The number of hydrogen-bond donors (Lipinski definition) is 1. The number of halogens is 1. The van der Waals surface area contributed by atoms with Crippen LogP contribution in [0.1, 0.15) is 6.42 Å². The Balaban J connectivity index is 1.82. The van der Waals surface area contributed by atoms with Gasteiger partial charge in [0, 0.05) is 46.3 Å². The van der Waals surface area contributed by atoms with Gasteiger partial charge in [-0.15, -0.1) is 11.3 Å². The molecule has 2 aromatic heterocycles.